The van der Waals surface area contributed by atoms with Gasteiger partial charge in [-0.05, 0) is 58.7 Å². The van der Waals surface area contributed by atoms with Crippen LogP contribution in [0.1, 0.15) is 26.2 Å². The van der Waals surface area contributed by atoms with Crippen LogP contribution in [-0.2, 0) is 9.59 Å². The van der Waals surface area contributed by atoms with Crippen LogP contribution in [0.5, 0.6) is 5.75 Å². The van der Waals surface area contributed by atoms with E-state index in [-0.39, 0.29) is 11.8 Å². The second-order valence-corrected chi connectivity index (χ2v) is 6.26. The van der Waals surface area contributed by atoms with Crippen LogP contribution in [0.15, 0.2) is 53.0 Å². The summed E-state index contributed by atoms with van der Waals surface area (Å²) in [6.45, 7) is 2.27. The summed E-state index contributed by atoms with van der Waals surface area (Å²) in [5.74, 6) is 0.663. The maximum absolute atomic E-state index is 12.0. The lowest BCUT2D eigenvalue weighted by molar-refractivity contribution is -0.117. The molecule has 2 amide bonds. The van der Waals surface area contributed by atoms with Gasteiger partial charge in [0.25, 0.3) is 0 Å². The molecule has 0 aromatic heterocycles. The minimum Gasteiger partial charge on any atom is -0.492 e. The van der Waals surface area contributed by atoms with Crippen molar-refractivity contribution in [1.82, 2.24) is 0 Å². The number of para-hydroxylation sites is 1. The third kappa shape index (κ3) is 6.58. The Morgan fingerprint density at radius 1 is 0.960 bits per heavy atom. The fourth-order valence-corrected chi connectivity index (χ4v) is 2.49. The van der Waals surface area contributed by atoms with E-state index < -0.39 is 0 Å². The van der Waals surface area contributed by atoms with Crippen LogP contribution in [0, 0.1) is 0 Å². The van der Waals surface area contributed by atoms with E-state index in [4.69, 9.17) is 4.74 Å². The zero-order valence-electron chi connectivity index (χ0n) is 14.0. The van der Waals surface area contributed by atoms with E-state index >= 15 is 0 Å². The van der Waals surface area contributed by atoms with Gasteiger partial charge < -0.3 is 15.4 Å². The first-order valence-electron chi connectivity index (χ1n) is 8.15. The third-order valence-electron chi connectivity index (χ3n) is 3.42. The Bertz CT molecular complexity index is 717. The Kier molecular flexibility index (Phi) is 7.47. The average molecular weight is 405 g/mol. The van der Waals surface area contributed by atoms with Gasteiger partial charge >= 0.3 is 0 Å². The lowest BCUT2D eigenvalue weighted by Gasteiger charge is -2.09. The number of rotatable bonds is 8. The first-order valence-corrected chi connectivity index (χ1v) is 8.95. The van der Waals surface area contributed by atoms with Crippen molar-refractivity contribution < 1.29 is 14.3 Å². The van der Waals surface area contributed by atoms with Crippen molar-refractivity contribution in [2.45, 2.75) is 26.2 Å². The summed E-state index contributed by atoms with van der Waals surface area (Å²) in [6, 6.07) is 14.7. The van der Waals surface area contributed by atoms with Crippen LogP contribution in [-0.4, -0.2) is 18.4 Å². The van der Waals surface area contributed by atoms with Crippen LogP contribution in [0.2, 0.25) is 0 Å². The summed E-state index contributed by atoms with van der Waals surface area (Å²) in [4.78, 5) is 23.3. The highest BCUT2D eigenvalue weighted by molar-refractivity contribution is 9.10. The molecule has 25 heavy (non-hydrogen) atoms. The number of nitrogens with one attached hydrogen (secondary N) is 2. The van der Waals surface area contributed by atoms with Gasteiger partial charge in [0.1, 0.15) is 5.75 Å². The van der Waals surface area contributed by atoms with Crippen molar-refractivity contribution in [3.8, 4) is 5.75 Å². The summed E-state index contributed by atoms with van der Waals surface area (Å²) in [5.41, 5.74) is 1.41. The topological polar surface area (TPSA) is 67.4 Å². The molecule has 132 valence electrons. The highest BCUT2D eigenvalue weighted by atomic mass is 79.9. The molecule has 2 N–H and O–H groups in total. The van der Waals surface area contributed by atoms with E-state index in [1.54, 1.807) is 31.2 Å². The molecule has 0 spiro atoms. The maximum Gasteiger partial charge on any atom is 0.224 e. The number of benzene rings is 2. The Labute approximate surface area is 155 Å². The van der Waals surface area contributed by atoms with Gasteiger partial charge in [-0.2, -0.15) is 0 Å². The van der Waals surface area contributed by atoms with Crippen molar-refractivity contribution in [3.63, 3.8) is 0 Å². The van der Waals surface area contributed by atoms with Crippen LogP contribution in [0.25, 0.3) is 0 Å². The van der Waals surface area contributed by atoms with Gasteiger partial charge in [-0.15, -0.1) is 0 Å². The van der Waals surface area contributed by atoms with E-state index in [0.717, 1.165) is 10.2 Å². The summed E-state index contributed by atoms with van der Waals surface area (Å²) in [6.07, 6.45) is 1.43. The van der Waals surface area contributed by atoms with Crippen molar-refractivity contribution in [2.24, 2.45) is 0 Å². The summed E-state index contributed by atoms with van der Waals surface area (Å²) in [7, 11) is 0. The molecule has 6 heteroatoms. The zero-order chi connectivity index (χ0) is 18.1. The molecular weight excluding hydrogens is 384 g/mol. The molecule has 0 aliphatic carbocycles. The molecule has 2 aromatic rings. The Morgan fingerprint density at radius 2 is 1.56 bits per heavy atom. The molecule has 0 bridgehead atoms. The molecule has 2 rings (SSSR count). The van der Waals surface area contributed by atoms with Gasteiger partial charge in [-0.1, -0.05) is 19.1 Å². The van der Waals surface area contributed by atoms with Crippen molar-refractivity contribution in [2.75, 3.05) is 17.2 Å². The monoisotopic (exact) mass is 404 g/mol. The minimum atomic E-state index is -0.0685. The normalized spacial score (nSPS) is 10.2. The molecule has 0 saturated heterocycles. The number of anilines is 2. The fourth-order valence-electron chi connectivity index (χ4n) is 2.09. The van der Waals surface area contributed by atoms with E-state index in [1.807, 2.05) is 24.3 Å². The Morgan fingerprint density at radius 3 is 2.16 bits per heavy atom. The lowest BCUT2D eigenvalue weighted by Crippen LogP contribution is -2.13. The highest BCUT2D eigenvalue weighted by Crippen LogP contribution is 2.23. The van der Waals surface area contributed by atoms with Crippen molar-refractivity contribution in [3.05, 3.63) is 53.0 Å². The van der Waals surface area contributed by atoms with Crippen LogP contribution in [0.3, 0.4) is 0 Å². The molecule has 0 aliphatic rings. The predicted octanol–water partition coefficient (Wildman–Crippen LogP) is 4.60. The average Bonchev–Trinajstić information content (AvgIpc) is 2.61. The van der Waals surface area contributed by atoms with Gasteiger partial charge in [0, 0.05) is 24.2 Å². The number of hydrogen-bond donors (Lipinski definition) is 2. The summed E-state index contributed by atoms with van der Waals surface area (Å²) < 4.78 is 6.53. The summed E-state index contributed by atoms with van der Waals surface area (Å²) >= 11 is 3.42. The molecule has 2 aromatic carbocycles. The van der Waals surface area contributed by atoms with Gasteiger partial charge in [-0.3, -0.25) is 9.59 Å². The number of halogens is 1. The standard InChI is InChI=1S/C19H21BrN2O3/c1-2-18(23)21-14-9-11-15(12-10-14)22-19(24)8-5-13-25-17-7-4-3-6-16(17)20/h3-4,6-7,9-12H,2,5,8,13H2,1H3,(H,21,23)(H,22,24). The Hall–Kier alpha value is -2.34. The highest BCUT2D eigenvalue weighted by Gasteiger charge is 2.05. The van der Waals surface area contributed by atoms with E-state index in [0.29, 0.717) is 37.2 Å². The number of hydrogen-bond acceptors (Lipinski definition) is 3. The maximum atomic E-state index is 12.0. The predicted molar refractivity (Wildman–Crippen MR) is 103 cm³/mol. The van der Waals surface area contributed by atoms with Crippen LogP contribution < -0.4 is 15.4 Å². The number of ether oxygens (including phenoxy) is 1. The van der Waals surface area contributed by atoms with Gasteiger partial charge in [0.05, 0.1) is 11.1 Å². The molecular formula is C19H21BrN2O3. The third-order valence-corrected chi connectivity index (χ3v) is 4.07. The minimum absolute atomic E-state index is 0.0400. The zero-order valence-corrected chi connectivity index (χ0v) is 15.6. The van der Waals surface area contributed by atoms with Crippen LogP contribution >= 0.6 is 15.9 Å². The van der Waals surface area contributed by atoms with Crippen molar-refractivity contribution in [1.29, 1.82) is 0 Å². The molecule has 0 heterocycles. The first kappa shape index (κ1) is 19.0. The van der Waals surface area contributed by atoms with Crippen molar-refractivity contribution >= 4 is 39.1 Å². The molecule has 5 nitrogen and oxygen atoms in total. The SMILES string of the molecule is CCC(=O)Nc1ccc(NC(=O)CCCOc2ccccc2Br)cc1. The van der Waals surface area contributed by atoms with Crippen LogP contribution in [0.4, 0.5) is 11.4 Å². The molecule has 0 fully saturated rings. The second-order valence-electron chi connectivity index (χ2n) is 5.41. The molecule has 0 saturated carbocycles. The smallest absolute Gasteiger partial charge is 0.224 e. The first-order chi connectivity index (χ1) is 12.1. The molecule has 0 radical (unpaired) electrons. The van der Waals surface area contributed by atoms with Gasteiger partial charge in [-0.25, -0.2) is 0 Å². The summed E-state index contributed by atoms with van der Waals surface area (Å²) in [5, 5.41) is 5.59. The number of amides is 2. The Balaban J connectivity index is 1.71. The van der Waals surface area contributed by atoms with Gasteiger partial charge in [0.15, 0.2) is 0 Å². The van der Waals surface area contributed by atoms with E-state index in [1.165, 1.54) is 0 Å². The quantitative estimate of drug-likeness (QED) is 0.631. The van der Waals surface area contributed by atoms with E-state index in [9.17, 15) is 9.59 Å². The van der Waals surface area contributed by atoms with Gasteiger partial charge in [0.2, 0.25) is 11.8 Å². The second kappa shape index (κ2) is 9.84. The lowest BCUT2D eigenvalue weighted by atomic mass is 10.2. The number of carbonyl (C=O) groups excluding carboxylic acids is 2. The molecule has 0 atom stereocenters. The van der Waals surface area contributed by atoms with E-state index in [2.05, 4.69) is 26.6 Å². The molecule has 0 unspecified atom stereocenters. The fraction of sp³-hybridized carbons (Fsp3) is 0.263. The number of carbonyl (C=O) groups is 2. The molecule has 0 aliphatic heterocycles. The largest absolute Gasteiger partial charge is 0.492 e.